The number of hydrogen-bond acceptors (Lipinski definition) is 6. The van der Waals surface area contributed by atoms with Crippen molar-refractivity contribution in [1.82, 2.24) is 20.1 Å². The fourth-order valence-corrected chi connectivity index (χ4v) is 4.32. The predicted molar refractivity (Wildman–Crippen MR) is 142 cm³/mol. The van der Waals surface area contributed by atoms with Crippen LogP contribution in [0.25, 0.3) is 11.1 Å². The highest BCUT2D eigenvalue weighted by atomic mass is 19.1. The van der Waals surface area contributed by atoms with Crippen LogP contribution in [-0.4, -0.2) is 64.7 Å². The van der Waals surface area contributed by atoms with Gasteiger partial charge < -0.3 is 15.4 Å². The number of benzene rings is 1. The average Bonchev–Trinajstić information content (AvgIpc) is 3.68. The number of hydrogen-bond donors (Lipinski definition) is 3. The number of nitrogens with one attached hydrogen (secondary N) is 3. The van der Waals surface area contributed by atoms with E-state index in [0.29, 0.717) is 42.6 Å². The standard InChI is InChI=1S/C28H31FN6O3/c1-18(28(37)31-25-16-24(33-34-25)19-7-8-19)20-4-2-5-21(14-20)22-15-23(29)27(30-17-22)32-26(36)6-3-9-35-10-12-38-13-11-35/h2-6,14-19H,7-13H2,1H3,(H,30,32,36)(H2,31,33,34,37)/b6-3+. The molecule has 198 valence electrons. The van der Waals surface area contributed by atoms with E-state index < -0.39 is 17.6 Å². The van der Waals surface area contributed by atoms with E-state index in [2.05, 4.69) is 30.7 Å². The zero-order valence-electron chi connectivity index (χ0n) is 21.2. The summed E-state index contributed by atoms with van der Waals surface area (Å²) in [5, 5.41) is 12.5. The number of aromatic nitrogens is 3. The molecule has 5 rings (SSSR count). The third kappa shape index (κ3) is 6.51. The maximum atomic E-state index is 14.8. The van der Waals surface area contributed by atoms with Crippen LogP contribution in [0.4, 0.5) is 16.0 Å². The highest BCUT2D eigenvalue weighted by molar-refractivity contribution is 5.98. The molecule has 1 unspecified atom stereocenters. The van der Waals surface area contributed by atoms with Crippen LogP contribution in [0.5, 0.6) is 0 Å². The second-order valence-electron chi connectivity index (χ2n) is 9.68. The molecule has 2 aromatic heterocycles. The van der Waals surface area contributed by atoms with E-state index in [9.17, 15) is 14.0 Å². The van der Waals surface area contributed by atoms with Gasteiger partial charge in [-0.2, -0.15) is 5.10 Å². The Kier molecular flexibility index (Phi) is 7.90. The second-order valence-corrected chi connectivity index (χ2v) is 9.68. The second kappa shape index (κ2) is 11.7. The number of morpholine rings is 1. The maximum Gasteiger partial charge on any atom is 0.249 e. The van der Waals surface area contributed by atoms with Gasteiger partial charge in [0, 0.05) is 55.1 Å². The summed E-state index contributed by atoms with van der Waals surface area (Å²) in [5.74, 6) is -0.813. The quantitative estimate of drug-likeness (QED) is 0.369. The van der Waals surface area contributed by atoms with E-state index in [-0.39, 0.29) is 11.7 Å². The van der Waals surface area contributed by atoms with Crippen LogP contribution >= 0.6 is 0 Å². The van der Waals surface area contributed by atoms with Crippen molar-refractivity contribution < 1.29 is 18.7 Å². The molecule has 0 spiro atoms. The number of halogens is 1. The van der Waals surface area contributed by atoms with Crippen LogP contribution in [0.3, 0.4) is 0 Å². The van der Waals surface area contributed by atoms with Crippen molar-refractivity contribution in [1.29, 1.82) is 0 Å². The van der Waals surface area contributed by atoms with Gasteiger partial charge in [-0.25, -0.2) is 9.37 Å². The topological polar surface area (TPSA) is 112 Å². The van der Waals surface area contributed by atoms with Crippen molar-refractivity contribution in [2.75, 3.05) is 43.5 Å². The lowest BCUT2D eigenvalue weighted by atomic mass is 9.96. The molecule has 2 aliphatic rings. The Morgan fingerprint density at radius 3 is 2.76 bits per heavy atom. The maximum absolute atomic E-state index is 14.8. The first-order valence-electron chi connectivity index (χ1n) is 12.9. The summed E-state index contributed by atoms with van der Waals surface area (Å²) in [6.07, 6.45) is 6.93. The van der Waals surface area contributed by atoms with E-state index in [4.69, 9.17) is 4.74 Å². The first kappa shape index (κ1) is 25.7. The Hall–Kier alpha value is -3.89. The normalized spacial score (nSPS) is 16.9. The predicted octanol–water partition coefficient (Wildman–Crippen LogP) is 4.06. The number of rotatable bonds is 9. The van der Waals surface area contributed by atoms with E-state index in [1.165, 1.54) is 18.3 Å². The van der Waals surface area contributed by atoms with Gasteiger partial charge in [-0.1, -0.05) is 30.3 Å². The fourth-order valence-electron chi connectivity index (χ4n) is 4.32. The number of amides is 2. The van der Waals surface area contributed by atoms with Gasteiger partial charge in [0.05, 0.1) is 19.1 Å². The first-order chi connectivity index (χ1) is 18.5. The lowest BCUT2D eigenvalue weighted by molar-refractivity contribution is -0.117. The Bertz CT molecular complexity index is 1330. The number of nitrogens with zero attached hydrogens (tertiary/aromatic N) is 3. The molecule has 0 bridgehead atoms. The molecule has 1 aliphatic carbocycles. The van der Waals surface area contributed by atoms with Crippen LogP contribution in [0.2, 0.25) is 0 Å². The van der Waals surface area contributed by atoms with Gasteiger partial charge in [0.25, 0.3) is 0 Å². The van der Waals surface area contributed by atoms with E-state index in [1.807, 2.05) is 37.3 Å². The van der Waals surface area contributed by atoms with Gasteiger partial charge in [0.2, 0.25) is 11.8 Å². The van der Waals surface area contributed by atoms with Crippen molar-refractivity contribution >= 4 is 23.5 Å². The minimum Gasteiger partial charge on any atom is -0.379 e. The number of anilines is 2. The van der Waals surface area contributed by atoms with Crippen molar-refractivity contribution in [2.45, 2.75) is 31.6 Å². The Morgan fingerprint density at radius 2 is 2.00 bits per heavy atom. The molecular weight excluding hydrogens is 487 g/mol. The summed E-state index contributed by atoms with van der Waals surface area (Å²) in [4.78, 5) is 31.3. The van der Waals surface area contributed by atoms with E-state index >= 15 is 0 Å². The Balaban J connectivity index is 1.20. The number of carbonyl (C=O) groups excluding carboxylic acids is 2. The van der Waals surface area contributed by atoms with Crippen LogP contribution in [-0.2, 0) is 14.3 Å². The van der Waals surface area contributed by atoms with Gasteiger partial charge in [-0.15, -0.1) is 0 Å². The van der Waals surface area contributed by atoms with Crippen LogP contribution in [0.15, 0.2) is 54.7 Å². The summed E-state index contributed by atoms with van der Waals surface area (Å²) < 4.78 is 20.1. The highest BCUT2D eigenvalue weighted by Crippen LogP contribution is 2.39. The van der Waals surface area contributed by atoms with Gasteiger partial charge in [0.1, 0.15) is 0 Å². The SMILES string of the molecule is CC(C(=O)Nc1cc(C2CC2)[nH]n1)c1cccc(-c2cnc(NC(=O)/C=C/CN3CCOCC3)c(F)c2)c1. The molecule has 1 saturated carbocycles. The molecular formula is C28H31FN6O3. The molecule has 3 N–H and O–H groups in total. The van der Waals surface area contributed by atoms with Crippen LogP contribution in [0, 0.1) is 5.82 Å². The van der Waals surface area contributed by atoms with Crippen molar-refractivity contribution in [3.05, 3.63) is 71.8 Å². The largest absolute Gasteiger partial charge is 0.379 e. The molecule has 1 saturated heterocycles. The van der Waals surface area contributed by atoms with Crippen LogP contribution in [0.1, 0.15) is 42.9 Å². The molecule has 2 amide bonds. The molecule has 38 heavy (non-hydrogen) atoms. The van der Waals surface area contributed by atoms with Gasteiger partial charge >= 0.3 is 0 Å². The molecule has 3 heterocycles. The summed E-state index contributed by atoms with van der Waals surface area (Å²) >= 11 is 0. The number of H-pyrrole nitrogens is 1. The monoisotopic (exact) mass is 518 g/mol. The molecule has 1 atom stereocenters. The molecule has 10 heteroatoms. The molecule has 1 aliphatic heterocycles. The van der Waals surface area contributed by atoms with Crippen LogP contribution < -0.4 is 10.6 Å². The smallest absolute Gasteiger partial charge is 0.249 e. The summed E-state index contributed by atoms with van der Waals surface area (Å²) in [6, 6.07) is 10.6. The number of carbonyl (C=O) groups is 2. The zero-order valence-corrected chi connectivity index (χ0v) is 21.2. The van der Waals surface area contributed by atoms with E-state index in [1.54, 1.807) is 6.08 Å². The highest BCUT2D eigenvalue weighted by Gasteiger charge is 2.26. The number of pyridine rings is 1. The average molecular weight is 519 g/mol. The minimum absolute atomic E-state index is 0.136. The third-order valence-electron chi connectivity index (χ3n) is 6.80. The lowest BCUT2D eigenvalue weighted by Gasteiger charge is -2.24. The molecule has 2 fully saturated rings. The zero-order chi connectivity index (χ0) is 26.5. The molecule has 3 aromatic rings. The fraction of sp³-hybridized carbons (Fsp3) is 0.357. The lowest BCUT2D eigenvalue weighted by Crippen LogP contribution is -2.36. The molecule has 0 radical (unpaired) electrons. The molecule has 9 nitrogen and oxygen atoms in total. The van der Waals surface area contributed by atoms with Crippen molar-refractivity contribution in [2.24, 2.45) is 0 Å². The number of ether oxygens (including phenoxy) is 1. The Morgan fingerprint density at radius 1 is 1.18 bits per heavy atom. The van der Waals surface area contributed by atoms with Gasteiger partial charge in [-0.05, 0) is 37.0 Å². The van der Waals surface area contributed by atoms with Gasteiger partial charge in [-0.3, -0.25) is 19.6 Å². The molecule has 1 aromatic carbocycles. The summed E-state index contributed by atoms with van der Waals surface area (Å²) in [5.41, 5.74) is 3.08. The summed E-state index contributed by atoms with van der Waals surface area (Å²) in [6.45, 7) is 5.44. The van der Waals surface area contributed by atoms with Crippen molar-refractivity contribution in [3.63, 3.8) is 0 Å². The summed E-state index contributed by atoms with van der Waals surface area (Å²) in [7, 11) is 0. The first-order valence-corrected chi connectivity index (χ1v) is 12.9. The van der Waals surface area contributed by atoms with Crippen molar-refractivity contribution in [3.8, 4) is 11.1 Å². The van der Waals surface area contributed by atoms with E-state index in [0.717, 1.165) is 37.2 Å². The number of aromatic amines is 1. The minimum atomic E-state index is -0.640. The van der Waals surface area contributed by atoms with Gasteiger partial charge in [0.15, 0.2) is 17.5 Å². The Labute approximate surface area is 220 Å². The third-order valence-corrected chi connectivity index (χ3v) is 6.80.